The average molecular weight is 334 g/mol. The van der Waals surface area contributed by atoms with Crippen LogP contribution in [0.5, 0.6) is 0 Å². The van der Waals surface area contributed by atoms with Gasteiger partial charge in [-0.25, -0.2) is 0 Å². The number of para-hydroxylation sites is 1. The van der Waals surface area contributed by atoms with Crippen LogP contribution in [0.4, 0.5) is 5.69 Å². The number of amides is 1. The normalized spacial score (nSPS) is 11.4. The van der Waals surface area contributed by atoms with Gasteiger partial charge in [0, 0.05) is 38.3 Å². The van der Waals surface area contributed by atoms with Gasteiger partial charge in [-0.3, -0.25) is 14.9 Å². The third-order valence-corrected chi connectivity index (χ3v) is 3.48. The summed E-state index contributed by atoms with van der Waals surface area (Å²) >= 11 is 0. The Labute approximate surface area is 143 Å². The molecule has 7 nitrogen and oxygen atoms in total. The van der Waals surface area contributed by atoms with Gasteiger partial charge in [0.25, 0.3) is 5.69 Å². The Morgan fingerprint density at radius 2 is 1.58 bits per heavy atom. The average Bonchev–Trinajstić information content (AvgIpc) is 2.52. The molecule has 0 saturated heterocycles. The first-order valence-corrected chi connectivity index (χ1v) is 7.81. The zero-order chi connectivity index (χ0) is 18.1. The molecule has 1 amide bonds. The third kappa shape index (κ3) is 6.89. The summed E-state index contributed by atoms with van der Waals surface area (Å²) in [6.07, 6.45) is 2.92. The van der Waals surface area contributed by atoms with Crippen molar-refractivity contribution in [2.45, 2.75) is 0 Å². The minimum atomic E-state index is -0.444. The highest BCUT2D eigenvalue weighted by molar-refractivity contribution is 5.92. The number of nitrogens with zero attached hydrogens (tertiary/aromatic N) is 4. The van der Waals surface area contributed by atoms with E-state index < -0.39 is 4.92 Å². The minimum Gasteiger partial charge on any atom is -0.337 e. The lowest BCUT2D eigenvalue weighted by Crippen LogP contribution is -2.39. The number of nitro benzene ring substituents is 1. The van der Waals surface area contributed by atoms with Gasteiger partial charge in [0.1, 0.15) is 0 Å². The highest BCUT2D eigenvalue weighted by atomic mass is 16.6. The topological polar surface area (TPSA) is 69.9 Å². The van der Waals surface area contributed by atoms with E-state index in [9.17, 15) is 14.9 Å². The van der Waals surface area contributed by atoms with Gasteiger partial charge in [0.15, 0.2) is 0 Å². The largest absolute Gasteiger partial charge is 0.337 e. The van der Waals surface area contributed by atoms with Crippen molar-refractivity contribution in [2.75, 3.05) is 54.4 Å². The predicted octanol–water partition coefficient (Wildman–Crippen LogP) is 1.56. The Bertz CT molecular complexity index is 573. The molecule has 0 atom stereocenters. The molecule has 0 aliphatic heterocycles. The van der Waals surface area contributed by atoms with Crippen LogP contribution < -0.4 is 0 Å². The van der Waals surface area contributed by atoms with Crippen LogP contribution in [-0.4, -0.2) is 79.9 Å². The molecule has 0 aliphatic rings. The molecule has 0 spiro atoms. The summed E-state index contributed by atoms with van der Waals surface area (Å²) in [6, 6.07) is 6.39. The lowest BCUT2D eigenvalue weighted by atomic mass is 10.1. The van der Waals surface area contributed by atoms with Crippen molar-refractivity contribution in [3.63, 3.8) is 0 Å². The Kier molecular flexibility index (Phi) is 8.08. The maximum Gasteiger partial charge on any atom is 0.276 e. The summed E-state index contributed by atoms with van der Waals surface area (Å²) in [4.78, 5) is 28.8. The highest BCUT2D eigenvalue weighted by Gasteiger charge is 2.13. The summed E-state index contributed by atoms with van der Waals surface area (Å²) in [6.45, 7) is 2.75. The van der Waals surface area contributed by atoms with Gasteiger partial charge in [0.2, 0.25) is 5.91 Å². The van der Waals surface area contributed by atoms with Crippen molar-refractivity contribution in [1.82, 2.24) is 14.7 Å². The number of likely N-dealkylation sites (N-methyl/N-ethyl adjacent to an activating group) is 2. The number of hydrogen-bond donors (Lipinski definition) is 0. The van der Waals surface area contributed by atoms with Crippen LogP contribution in [0, 0.1) is 10.1 Å². The van der Waals surface area contributed by atoms with Gasteiger partial charge in [-0.05, 0) is 40.3 Å². The fourth-order valence-electron chi connectivity index (χ4n) is 2.03. The molecular formula is C17H26N4O3. The molecule has 1 rings (SSSR count). The van der Waals surface area contributed by atoms with E-state index in [4.69, 9.17) is 0 Å². The van der Waals surface area contributed by atoms with Gasteiger partial charge >= 0.3 is 0 Å². The van der Waals surface area contributed by atoms with E-state index in [0.29, 0.717) is 18.7 Å². The van der Waals surface area contributed by atoms with E-state index >= 15 is 0 Å². The SMILES string of the molecule is CN(C)CCN(CCN(C)C)C(=O)/C=C\c1ccccc1[N+](=O)[O-]. The standard InChI is InChI=1S/C17H26N4O3/c1-18(2)11-13-20(14-12-19(3)4)17(22)10-9-15-7-5-6-8-16(15)21(23)24/h5-10H,11-14H2,1-4H3/b10-9-. The van der Waals surface area contributed by atoms with Crippen LogP contribution in [-0.2, 0) is 4.79 Å². The molecule has 0 aromatic heterocycles. The number of carbonyl (C=O) groups is 1. The van der Waals surface area contributed by atoms with E-state index in [-0.39, 0.29) is 11.6 Å². The van der Waals surface area contributed by atoms with Crippen molar-refractivity contribution in [2.24, 2.45) is 0 Å². The zero-order valence-electron chi connectivity index (χ0n) is 14.8. The molecule has 1 aromatic rings. The van der Waals surface area contributed by atoms with E-state index in [1.54, 1.807) is 23.1 Å². The Hall–Kier alpha value is -2.25. The van der Waals surface area contributed by atoms with Gasteiger partial charge in [-0.2, -0.15) is 0 Å². The first kappa shape index (κ1) is 19.8. The van der Waals surface area contributed by atoms with E-state index in [1.165, 1.54) is 18.2 Å². The number of hydrogen-bond acceptors (Lipinski definition) is 5. The monoisotopic (exact) mass is 334 g/mol. The summed E-state index contributed by atoms with van der Waals surface area (Å²) in [5.41, 5.74) is 0.422. The Morgan fingerprint density at radius 3 is 2.08 bits per heavy atom. The van der Waals surface area contributed by atoms with Gasteiger partial charge in [0.05, 0.1) is 10.5 Å². The Balaban J connectivity index is 2.84. The number of nitro groups is 1. The second-order valence-corrected chi connectivity index (χ2v) is 6.08. The highest BCUT2D eigenvalue weighted by Crippen LogP contribution is 2.19. The van der Waals surface area contributed by atoms with E-state index in [2.05, 4.69) is 0 Å². The van der Waals surface area contributed by atoms with Crippen LogP contribution in [0.3, 0.4) is 0 Å². The molecule has 132 valence electrons. The van der Waals surface area contributed by atoms with Crippen LogP contribution in [0.15, 0.2) is 30.3 Å². The molecule has 0 unspecified atom stereocenters. The van der Waals surface area contributed by atoms with Crippen molar-refractivity contribution in [1.29, 1.82) is 0 Å². The van der Waals surface area contributed by atoms with Crippen LogP contribution >= 0.6 is 0 Å². The molecule has 0 heterocycles. The molecule has 24 heavy (non-hydrogen) atoms. The number of carbonyl (C=O) groups excluding carboxylic acids is 1. The Morgan fingerprint density at radius 1 is 1.04 bits per heavy atom. The second kappa shape index (κ2) is 9.79. The molecule has 0 saturated carbocycles. The zero-order valence-corrected chi connectivity index (χ0v) is 14.8. The first-order valence-electron chi connectivity index (χ1n) is 7.81. The van der Waals surface area contributed by atoms with Crippen molar-refractivity contribution in [3.05, 3.63) is 46.0 Å². The smallest absolute Gasteiger partial charge is 0.276 e. The first-order chi connectivity index (χ1) is 11.3. The fraction of sp³-hybridized carbons (Fsp3) is 0.471. The van der Waals surface area contributed by atoms with E-state index in [1.807, 2.05) is 38.0 Å². The summed E-state index contributed by atoms with van der Waals surface area (Å²) in [7, 11) is 7.82. The van der Waals surface area contributed by atoms with Gasteiger partial charge in [-0.15, -0.1) is 0 Å². The molecule has 0 bridgehead atoms. The molecule has 0 fully saturated rings. The second-order valence-electron chi connectivity index (χ2n) is 6.08. The van der Waals surface area contributed by atoms with Crippen LogP contribution in [0.25, 0.3) is 6.08 Å². The maximum absolute atomic E-state index is 12.5. The molecular weight excluding hydrogens is 308 g/mol. The lowest BCUT2D eigenvalue weighted by molar-refractivity contribution is -0.385. The van der Waals surface area contributed by atoms with Crippen molar-refractivity contribution < 1.29 is 9.72 Å². The maximum atomic E-state index is 12.5. The van der Waals surface area contributed by atoms with Gasteiger partial charge in [-0.1, -0.05) is 12.1 Å². The molecule has 7 heteroatoms. The van der Waals surface area contributed by atoms with E-state index in [0.717, 1.165) is 13.1 Å². The van der Waals surface area contributed by atoms with Crippen LogP contribution in [0.2, 0.25) is 0 Å². The lowest BCUT2D eigenvalue weighted by Gasteiger charge is -2.24. The van der Waals surface area contributed by atoms with Crippen molar-refractivity contribution in [3.8, 4) is 0 Å². The quantitative estimate of drug-likeness (QED) is 0.389. The summed E-state index contributed by atoms with van der Waals surface area (Å²) in [5, 5.41) is 11.0. The summed E-state index contributed by atoms with van der Waals surface area (Å²) in [5.74, 6) is -0.142. The minimum absolute atomic E-state index is 0.00492. The third-order valence-electron chi connectivity index (χ3n) is 3.48. The molecule has 1 aromatic carbocycles. The predicted molar refractivity (Wildman–Crippen MR) is 95.8 cm³/mol. The number of rotatable bonds is 9. The molecule has 0 aliphatic carbocycles. The van der Waals surface area contributed by atoms with Crippen molar-refractivity contribution >= 4 is 17.7 Å². The van der Waals surface area contributed by atoms with Gasteiger partial charge < -0.3 is 14.7 Å². The molecule has 0 N–H and O–H groups in total. The number of benzene rings is 1. The molecule has 0 radical (unpaired) electrons. The van der Waals surface area contributed by atoms with Crippen LogP contribution in [0.1, 0.15) is 5.56 Å². The fourth-order valence-corrected chi connectivity index (χ4v) is 2.03. The summed E-state index contributed by atoms with van der Waals surface area (Å²) < 4.78 is 0.